The summed E-state index contributed by atoms with van der Waals surface area (Å²) in [7, 11) is -4.04. The third kappa shape index (κ3) is 3.74. The van der Waals surface area contributed by atoms with Crippen molar-refractivity contribution < 1.29 is 30.9 Å². The second kappa shape index (κ2) is 8.29. The summed E-state index contributed by atoms with van der Waals surface area (Å²) in [5.41, 5.74) is 1.40. The lowest BCUT2D eigenvalue weighted by Crippen LogP contribution is -2.50. The Kier molecular flexibility index (Phi) is 5.41. The molecule has 0 atom stereocenters. The van der Waals surface area contributed by atoms with E-state index in [9.17, 15) is 22.0 Å². The quantitative estimate of drug-likeness (QED) is 0.434. The van der Waals surface area contributed by atoms with Crippen LogP contribution in [-0.2, 0) is 10.0 Å². The largest absolute Gasteiger partial charge is 0.463 e. The van der Waals surface area contributed by atoms with Crippen molar-refractivity contribution in [3.8, 4) is 11.5 Å². The second-order valence-electron chi connectivity index (χ2n) is 7.75. The Labute approximate surface area is 192 Å². The number of carbonyl (C=O) groups is 1. The van der Waals surface area contributed by atoms with Crippen LogP contribution in [0.25, 0.3) is 22.6 Å². The van der Waals surface area contributed by atoms with Crippen LogP contribution in [0.4, 0.5) is 8.78 Å². The Balaban J connectivity index is 1.40. The van der Waals surface area contributed by atoms with Crippen LogP contribution >= 0.6 is 0 Å². The van der Waals surface area contributed by atoms with Crippen molar-refractivity contribution in [3.63, 3.8) is 0 Å². The highest BCUT2D eigenvalue weighted by Gasteiger charge is 2.32. The van der Waals surface area contributed by atoms with E-state index >= 15 is 0 Å². The van der Waals surface area contributed by atoms with Gasteiger partial charge >= 0.3 is 0 Å². The van der Waals surface area contributed by atoms with Crippen LogP contribution in [0.2, 0.25) is 0 Å². The van der Waals surface area contributed by atoms with Gasteiger partial charge in [0.2, 0.25) is 10.0 Å². The molecule has 1 aromatic carbocycles. The highest BCUT2D eigenvalue weighted by atomic mass is 32.2. The molecule has 1 saturated heterocycles. The summed E-state index contributed by atoms with van der Waals surface area (Å²) >= 11 is 0. The minimum absolute atomic E-state index is 0.00500. The van der Waals surface area contributed by atoms with E-state index < -0.39 is 21.7 Å². The Morgan fingerprint density at radius 1 is 1.06 bits per heavy atom. The van der Waals surface area contributed by atoms with E-state index in [2.05, 4.69) is 10.1 Å². The fourth-order valence-electron chi connectivity index (χ4n) is 3.90. The molecule has 0 aliphatic carbocycles. The lowest BCUT2D eigenvalue weighted by molar-refractivity contribution is 0.0699. The molecule has 1 amide bonds. The molecule has 0 saturated carbocycles. The molecule has 176 valence electrons. The second-order valence-corrected chi connectivity index (χ2v) is 9.69. The number of aryl methyl sites for hydroxylation is 1. The van der Waals surface area contributed by atoms with Gasteiger partial charge in [-0.3, -0.25) is 4.79 Å². The number of amides is 1. The van der Waals surface area contributed by atoms with Crippen LogP contribution in [0.5, 0.6) is 0 Å². The topological polar surface area (TPSA) is 110 Å². The number of sulfonamides is 1. The molecular weight excluding hydrogens is 470 g/mol. The number of rotatable bonds is 4. The van der Waals surface area contributed by atoms with Crippen LogP contribution in [0, 0.1) is 18.6 Å². The highest BCUT2D eigenvalue weighted by molar-refractivity contribution is 7.89. The summed E-state index contributed by atoms with van der Waals surface area (Å²) in [6.07, 6.45) is 1.49. The molecule has 34 heavy (non-hydrogen) atoms. The average Bonchev–Trinajstić information content (AvgIpc) is 3.50. The Morgan fingerprint density at radius 3 is 2.50 bits per heavy atom. The zero-order chi connectivity index (χ0) is 24.0. The predicted molar refractivity (Wildman–Crippen MR) is 115 cm³/mol. The molecule has 0 radical (unpaired) electrons. The zero-order valence-corrected chi connectivity index (χ0v) is 18.7. The van der Waals surface area contributed by atoms with Gasteiger partial charge in [-0.15, -0.1) is 0 Å². The van der Waals surface area contributed by atoms with Crippen LogP contribution in [0.1, 0.15) is 16.1 Å². The smallest absolute Gasteiger partial charge is 0.259 e. The molecule has 0 unspecified atom stereocenters. The first kappa shape index (κ1) is 22.2. The van der Waals surface area contributed by atoms with Crippen LogP contribution < -0.4 is 0 Å². The van der Waals surface area contributed by atoms with E-state index in [1.807, 2.05) is 0 Å². The summed E-state index contributed by atoms with van der Waals surface area (Å²) in [6, 6.07) is 7.44. The van der Waals surface area contributed by atoms with Gasteiger partial charge in [-0.2, -0.15) is 4.31 Å². The molecular formula is C22H18F2N4O5S. The monoisotopic (exact) mass is 488 g/mol. The fraction of sp³-hybridized carbons (Fsp3) is 0.227. The number of benzene rings is 1. The molecule has 4 aromatic rings. The van der Waals surface area contributed by atoms with Gasteiger partial charge in [0.05, 0.1) is 27.8 Å². The van der Waals surface area contributed by atoms with Crippen molar-refractivity contribution in [1.82, 2.24) is 19.3 Å². The number of hydrogen-bond acceptors (Lipinski definition) is 7. The zero-order valence-electron chi connectivity index (χ0n) is 17.9. The van der Waals surface area contributed by atoms with E-state index in [4.69, 9.17) is 8.94 Å². The number of pyridine rings is 1. The number of hydrogen-bond donors (Lipinski definition) is 0. The fourth-order valence-corrected chi connectivity index (χ4v) is 5.34. The maximum atomic E-state index is 13.6. The Hall–Kier alpha value is -3.64. The lowest BCUT2D eigenvalue weighted by Gasteiger charge is -2.34. The van der Waals surface area contributed by atoms with Gasteiger partial charge in [0.15, 0.2) is 17.4 Å². The van der Waals surface area contributed by atoms with E-state index in [0.29, 0.717) is 34.2 Å². The van der Waals surface area contributed by atoms with Gasteiger partial charge in [-0.05, 0) is 43.3 Å². The number of halogens is 2. The minimum atomic E-state index is -4.04. The maximum Gasteiger partial charge on any atom is 0.259 e. The minimum Gasteiger partial charge on any atom is -0.463 e. The average molecular weight is 488 g/mol. The molecule has 1 fully saturated rings. The van der Waals surface area contributed by atoms with Crippen molar-refractivity contribution in [3.05, 3.63) is 65.6 Å². The highest BCUT2D eigenvalue weighted by Crippen LogP contribution is 2.29. The van der Waals surface area contributed by atoms with Crippen molar-refractivity contribution in [2.24, 2.45) is 0 Å². The van der Waals surface area contributed by atoms with E-state index in [0.717, 1.165) is 16.4 Å². The molecule has 12 heteroatoms. The van der Waals surface area contributed by atoms with Gasteiger partial charge in [0, 0.05) is 26.2 Å². The number of carbonyl (C=O) groups excluding carboxylic acids is 1. The first-order valence-corrected chi connectivity index (χ1v) is 11.7. The number of fused-ring (bicyclic) bond motifs is 1. The summed E-state index contributed by atoms with van der Waals surface area (Å²) < 4.78 is 64.3. The van der Waals surface area contributed by atoms with Crippen molar-refractivity contribution in [2.45, 2.75) is 11.8 Å². The van der Waals surface area contributed by atoms with Gasteiger partial charge in [-0.1, -0.05) is 5.16 Å². The molecule has 0 spiro atoms. The molecule has 0 bridgehead atoms. The van der Waals surface area contributed by atoms with Gasteiger partial charge in [0.25, 0.3) is 11.6 Å². The van der Waals surface area contributed by atoms with Crippen molar-refractivity contribution >= 4 is 27.0 Å². The van der Waals surface area contributed by atoms with Gasteiger partial charge < -0.3 is 13.8 Å². The molecule has 1 aliphatic rings. The summed E-state index contributed by atoms with van der Waals surface area (Å²) in [5.74, 6) is -2.26. The first-order valence-electron chi connectivity index (χ1n) is 10.3. The van der Waals surface area contributed by atoms with Crippen LogP contribution in [0.3, 0.4) is 0 Å². The van der Waals surface area contributed by atoms with E-state index in [-0.39, 0.29) is 42.7 Å². The van der Waals surface area contributed by atoms with E-state index in [1.165, 1.54) is 11.2 Å². The molecule has 3 aromatic heterocycles. The SMILES string of the molecule is Cc1noc2nc(-c3ccco3)cc(C(=O)N3CCN(S(=O)(=O)c4ccc(F)c(F)c4)CC3)c12. The molecule has 5 rings (SSSR count). The van der Waals surface area contributed by atoms with Crippen LogP contribution in [0.15, 0.2) is 56.5 Å². The Bertz CT molecular complexity index is 1490. The molecule has 4 heterocycles. The number of nitrogens with zero attached hydrogens (tertiary/aromatic N) is 4. The third-order valence-corrected chi connectivity index (χ3v) is 7.57. The third-order valence-electron chi connectivity index (χ3n) is 5.68. The lowest BCUT2D eigenvalue weighted by atomic mass is 10.1. The molecule has 9 nitrogen and oxygen atoms in total. The maximum absolute atomic E-state index is 13.6. The molecule has 0 N–H and O–H groups in total. The van der Waals surface area contributed by atoms with E-state index in [1.54, 1.807) is 25.1 Å². The molecule has 1 aliphatic heterocycles. The number of furan rings is 1. The number of aromatic nitrogens is 2. The van der Waals surface area contributed by atoms with Gasteiger partial charge in [0.1, 0.15) is 5.69 Å². The summed E-state index contributed by atoms with van der Waals surface area (Å²) in [6.45, 7) is 1.89. The summed E-state index contributed by atoms with van der Waals surface area (Å²) in [4.78, 5) is 19.0. The normalized spacial score (nSPS) is 15.2. The van der Waals surface area contributed by atoms with Crippen molar-refractivity contribution in [2.75, 3.05) is 26.2 Å². The first-order chi connectivity index (χ1) is 16.3. The predicted octanol–water partition coefficient (Wildman–Crippen LogP) is 3.22. The van der Waals surface area contributed by atoms with Crippen molar-refractivity contribution in [1.29, 1.82) is 0 Å². The van der Waals surface area contributed by atoms with Gasteiger partial charge in [-0.25, -0.2) is 22.2 Å². The standard InChI is InChI=1S/C22H18F2N4O5S/c1-13-20-15(12-18(19-3-2-10-32-19)25-21(20)33-26-13)22(29)27-6-8-28(9-7-27)34(30,31)14-4-5-16(23)17(24)11-14/h2-5,10-12H,6-9H2,1H3. The summed E-state index contributed by atoms with van der Waals surface area (Å²) in [5, 5.41) is 4.38. The van der Waals surface area contributed by atoms with Crippen LogP contribution in [-0.4, -0.2) is 59.8 Å². The number of piperazine rings is 1. The Morgan fingerprint density at radius 2 is 1.82 bits per heavy atom.